The first kappa shape index (κ1) is 17.4. The molecule has 0 radical (unpaired) electrons. The van der Waals surface area contributed by atoms with Crippen molar-refractivity contribution in [2.24, 2.45) is 0 Å². The van der Waals surface area contributed by atoms with Crippen LogP contribution >= 0.6 is 0 Å². The minimum atomic E-state index is -1.21. The summed E-state index contributed by atoms with van der Waals surface area (Å²) in [6.45, 7) is 3.87. The summed E-state index contributed by atoms with van der Waals surface area (Å²) in [6.07, 6.45) is -1.21. The molecule has 0 aromatic carbocycles. The van der Waals surface area contributed by atoms with Crippen molar-refractivity contribution in [1.82, 2.24) is 9.55 Å². The van der Waals surface area contributed by atoms with E-state index in [1.54, 1.807) is 6.92 Å². The minimum absolute atomic E-state index is 0.0382. The van der Waals surface area contributed by atoms with E-state index < -0.39 is 47.2 Å². The van der Waals surface area contributed by atoms with Gasteiger partial charge in [0.2, 0.25) is 0 Å². The lowest BCUT2D eigenvalue weighted by molar-refractivity contribution is -0.198. The zero-order chi connectivity index (χ0) is 18.4. The lowest BCUT2D eigenvalue weighted by Crippen LogP contribution is -2.47. The van der Waals surface area contributed by atoms with Gasteiger partial charge in [0.25, 0.3) is 5.56 Å². The van der Waals surface area contributed by atoms with E-state index in [4.69, 9.17) is 18.9 Å². The summed E-state index contributed by atoms with van der Waals surface area (Å²) in [4.78, 5) is 48.5. The smallest absolute Gasteiger partial charge is 0.330 e. The van der Waals surface area contributed by atoms with Gasteiger partial charge in [0.1, 0.15) is 12.7 Å². The van der Waals surface area contributed by atoms with Crippen molar-refractivity contribution in [1.29, 1.82) is 0 Å². The van der Waals surface area contributed by atoms with Gasteiger partial charge in [-0.05, 0) is 6.92 Å². The fourth-order valence-corrected chi connectivity index (χ4v) is 3.07. The molecule has 2 fully saturated rings. The number of aryl methyl sites for hydroxylation is 1. The highest BCUT2D eigenvalue weighted by atomic mass is 16.7. The maximum absolute atomic E-state index is 12.1. The van der Waals surface area contributed by atoms with E-state index in [1.165, 1.54) is 24.6 Å². The van der Waals surface area contributed by atoms with Crippen molar-refractivity contribution in [3.8, 4) is 0 Å². The summed E-state index contributed by atoms with van der Waals surface area (Å²) in [7, 11) is 0. The van der Waals surface area contributed by atoms with E-state index >= 15 is 0 Å². The topological polar surface area (TPSA) is 126 Å². The number of hydrogen-bond donors (Lipinski definition) is 1. The van der Waals surface area contributed by atoms with Crippen molar-refractivity contribution in [3.63, 3.8) is 0 Å². The molecule has 2 aliphatic rings. The summed E-state index contributed by atoms with van der Waals surface area (Å²) in [5, 5.41) is 0. The minimum Gasteiger partial charge on any atom is -0.463 e. The van der Waals surface area contributed by atoms with E-state index in [0.29, 0.717) is 5.56 Å². The van der Waals surface area contributed by atoms with E-state index in [-0.39, 0.29) is 13.2 Å². The first-order valence-corrected chi connectivity index (χ1v) is 7.65. The number of esters is 2. The van der Waals surface area contributed by atoms with Crippen LogP contribution in [0, 0.1) is 6.92 Å². The maximum Gasteiger partial charge on any atom is 0.330 e. The van der Waals surface area contributed by atoms with Crippen molar-refractivity contribution >= 4 is 11.9 Å². The van der Waals surface area contributed by atoms with Crippen LogP contribution in [0.25, 0.3) is 0 Å². The molecule has 1 aromatic rings. The number of H-pyrrole nitrogens is 1. The number of nitrogens with zero attached hydrogens (tertiary/aromatic N) is 1. The molecular weight excluding hydrogens is 336 g/mol. The quantitative estimate of drug-likeness (QED) is 0.683. The molecule has 0 saturated carbocycles. The van der Waals surface area contributed by atoms with Crippen LogP contribution in [0.15, 0.2) is 15.8 Å². The molecule has 1 aromatic heterocycles. The number of hydrogen-bond acceptors (Lipinski definition) is 8. The Morgan fingerprint density at radius 1 is 1.36 bits per heavy atom. The van der Waals surface area contributed by atoms with Gasteiger partial charge >= 0.3 is 17.6 Å². The molecule has 2 saturated heterocycles. The van der Waals surface area contributed by atoms with Crippen LogP contribution in [0.5, 0.6) is 0 Å². The maximum atomic E-state index is 12.1. The van der Waals surface area contributed by atoms with Crippen molar-refractivity contribution in [2.45, 2.75) is 44.8 Å². The number of fused-ring (bicyclic) bond motifs is 2. The van der Waals surface area contributed by atoms with Gasteiger partial charge in [-0.25, -0.2) is 4.79 Å². The van der Waals surface area contributed by atoms with Gasteiger partial charge in [-0.15, -0.1) is 0 Å². The van der Waals surface area contributed by atoms with Gasteiger partial charge in [0, 0.05) is 25.6 Å². The Labute approximate surface area is 141 Å². The molecule has 136 valence electrons. The third-order valence-corrected chi connectivity index (χ3v) is 4.21. The van der Waals surface area contributed by atoms with Crippen LogP contribution in [0.3, 0.4) is 0 Å². The number of carbonyl (C=O) groups excluding carboxylic acids is 2. The van der Waals surface area contributed by atoms with Gasteiger partial charge in [0.05, 0.1) is 6.61 Å². The second-order valence-corrected chi connectivity index (χ2v) is 6.14. The summed E-state index contributed by atoms with van der Waals surface area (Å²) < 4.78 is 23.1. The van der Waals surface area contributed by atoms with E-state index in [9.17, 15) is 19.2 Å². The number of ether oxygens (including phenoxy) is 4. The van der Waals surface area contributed by atoms with Gasteiger partial charge in [0.15, 0.2) is 17.9 Å². The van der Waals surface area contributed by atoms with Crippen LogP contribution < -0.4 is 11.2 Å². The third kappa shape index (κ3) is 2.98. The Morgan fingerprint density at radius 3 is 2.72 bits per heavy atom. The molecule has 3 heterocycles. The second kappa shape index (κ2) is 6.12. The Hall–Kier alpha value is -2.46. The average molecular weight is 354 g/mol. The summed E-state index contributed by atoms with van der Waals surface area (Å²) in [5.74, 6) is -1.08. The van der Waals surface area contributed by atoms with E-state index in [2.05, 4.69) is 4.98 Å². The zero-order valence-electron chi connectivity index (χ0n) is 13.9. The molecule has 2 aliphatic heterocycles. The van der Waals surface area contributed by atoms with Gasteiger partial charge < -0.3 is 18.9 Å². The molecule has 0 aliphatic carbocycles. The molecule has 25 heavy (non-hydrogen) atoms. The predicted octanol–water partition coefficient (Wildman–Crippen LogP) is -0.994. The lowest BCUT2D eigenvalue weighted by atomic mass is 10.00. The van der Waals surface area contributed by atoms with Crippen LogP contribution in [0.1, 0.15) is 25.6 Å². The summed E-state index contributed by atoms with van der Waals surface area (Å²) in [5.41, 5.74) is -2.09. The molecule has 0 amide bonds. The van der Waals surface area contributed by atoms with Crippen molar-refractivity contribution in [2.75, 3.05) is 13.2 Å². The average Bonchev–Trinajstić information content (AvgIpc) is 3.00. The van der Waals surface area contributed by atoms with E-state index in [0.717, 1.165) is 0 Å². The molecule has 10 nitrogen and oxygen atoms in total. The lowest BCUT2D eigenvalue weighted by Gasteiger charge is -2.30. The molecule has 4 atom stereocenters. The fraction of sp³-hybridized carbons (Fsp3) is 0.600. The number of aromatic nitrogens is 2. The van der Waals surface area contributed by atoms with Crippen LogP contribution in [-0.4, -0.2) is 52.5 Å². The third-order valence-electron chi connectivity index (χ3n) is 4.21. The first-order valence-electron chi connectivity index (χ1n) is 7.65. The van der Waals surface area contributed by atoms with Crippen molar-refractivity contribution < 1.29 is 28.5 Å². The first-order chi connectivity index (χ1) is 11.7. The van der Waals surface area contributed by atoms with Gasteiger partial charge in [-0.1, -0.05) is 0 Å². The van der Waals surface area contributed by atoms with Crippen molar-refractivity contribution in [3.05, 3.63) is 32.6 Å². The highest BCUT2D eigenvalue weighted by Crippen LogP contribution is 2.46. The van der Waals surface area contributed by atoms with E-state index in [1.807, 2.05) is 0 Å². The Kier molecular flexibility index (Phi) is 4.25. The van der Waals surface area contributed by atoms with Crippen LogP contribution in [0.2, 0.25) is 0 Å². The number of rotatable bonds is 4. The SMILES string of the molecule is CC(=O)OC[C@@]12CO[C@@H]([C@H](n3cc(C)c(=O)[nH]c3=O)O1)[C@@H]2OC(C)=O. The fourth-order valence-electron chi connectivity index (χ4n) is 3.07. The van der Waals surface area contributed by atoms with Gasteiger partial charge in [-0.2, -0.15) is 0 Å². The largest absolute Gasteiger partial charge is 0.463 e. The number of nitrogens with one attached hydrogen (secondary N) is 1. The zero-order valence-corrected chi connectivity index (χ0v) is 13.9. The molecule has 10 heteroatoms. The predicted molar refractivity (Wildman–Crippen MR) is 80.8 cm³/mol. The Balaban J connectivity index is 1.98. The normalized spacial score (nSPS) is 30.3. The monoisotopic (exact) mass is 354 g/mol. The second-order valence-electron chi connectivity index (χ2n) is 6.14. The standard InChI is InChI=1S/C15H18N2O8/c1-7-4-17(14(21)16-12(7)20)13-10-11(24-9(3)19)15(25-13,6-23-10)5-22-8(2)18/h4,10-11,13H,5-6H2,1-3H3,(H,16,20,21)/t10-,11+,13-,15+/m1/s1. The Morgan fingerprint density at radius 2 is 2.08 bits per heavy atom. The highest BCUT2D eigenvalue weighted by Gasteiger charge is 2.65. The molecule has 1 N–H and O–H groups in total. The molecule has 2 bridgehead atoms. The molecule has 3 rings (SSSR count). The van der Waals surface area contributed by atoms with Gasteiger partial charge in [-0.3, -0.25) is 23.9 Å². The number of carbonyl (C=O) groups is 2. The Bertz CT molecular complexity index is 828. The summed E-state index contributed by atoms with van der Waals surface area (Å²) in [6, 6.07) is 0. The summed E-state index contributed by atoms with van der Waals surface area (Å²) >= 11 is 0. The molecular formula is C15H18N2O8. The molecule has 0 spiro atoms. The number of aromatic amines is 1. The highest BCUT2D eigenvalue weighted by molar-refractivity contribution is 5.67. The molecule has 0 unspecified atom stereocenters. The van der Waals surface area contributed by atoms with Crippen LogP contribution in [-0.2, 0) is 28.5 Å². The van der Waals surface area contributed by atoms with Crippen LogP contribution in [0.4, 0.5) is 0 Å².